The van der Waals surface area contributed by atoms with Gasteiger partial charge in [0.2, 0.25) is 0 Å². The Labute approximate surface area is 284 Å². The normalized spacial score (nSPS) is 20.2. The Bertz CT molecular complexity index is 1800. The smallest absolute Gasteiger partial charge is 0.338 e. The van der Waals surface area contributed by atoms with Crippen LogP contribution in [0.25, 0.3) is 0 Å². The summed E-state index contributed by atoms with van der Waals surface area (Å²) in [5.41, 5.74) is 1.27. The molecule has 8 heteroatoms. The molecule has 5 aromatic carbocycles. The molecule has 0 radical (unpaired) electrons. The van der Waals surface area contributed by atoms with Gasteiger partial charge in [-0.25, -0.2) is 4.79 Å². The van der Waals surface area contributed by atoms with Gasteiger partial charge in [0, 0.05) is 16.2 Å². The molecular formula is C40H41O6PSi. The lowest BCUT2D eigenvalue weighted by Gasteiger charge is -2.43. The first-order valence-corrected chi connectivity index (χ1v) is 21.4. The van der Waals surface area contributed by atoms with Crippen LogP contribution in [0.3, 0.4) is 0 Å². The molecule has 0 unspecified atom stereocenters. The minimum Gasteiger partial charge on any atom is -0.497 e. The van der Waals surface area contributed by atoms with Gasteiger partial charge < -0.3 is 23.2 Å². The highest BCUT2D eigenvalue weighted by Gasteiger charge is 2.62. The van der Waals surface area contributed by atoms with Crippen LogP contribution < -0.4 is 15.3 Å². The molecule has 48 heavy (non-hydrogen) atoms. The minimum absolute atomic E-state index is 0.291. The lowest BCUT2D eigenvalue weighted by atomic mass is 9.98. The minimum atomic E-state index is -3.51. The van der Waals surface area contributed by atoms with Crippen molar-refractivity contribution >= 4 is 32.0 Å². The number of benzene rings is 5. The fraction of sp³-hybridized carbons (Fsp3) is 0.225. The Kier molecular flexibility index (Phi) is 9.86. The lowest BCUT2D eigenvalue weighted by molar-refractivity contribution is -0.202. The van der Waals surface area contributed by atoms with E-state index < -0.39 is 45.1 Å². The van der Waals surface area contributed by atoms with Crippen LogP contribution in [0.4, 0.5) is 0 Å². The molecule has 0 spiro atoms. The predicted molar refractivity (Wildman–Crippen MR) is 193 cm³/mol. The average molecular weight is 677 g/mol. The average Bonchev–Trinajstić information content (AvgIpc) is 3.50. The molecule has 0 bridgehead atoms. The summed E-state index contributed by atoms with van der Waals surface area (Å²) in [7, 11) is -4.31. The summed E-state index contributed by atoms with van der Waals surface area (Å²) in [6.45, 7) is 6.33. The van der Waals surface area contributed by atoms with E-state index >= 15 is 4.57 Å². The van der Waals surface area contributed by atoms with E-state index in [1.54, 1.807) is 31.4 Å². The van der Waals surface area contributed by atoms with Gasteiger partial charge in [0.1, 0.15) is 11.9 Å². The van der Waals surface area contributed by atoms with E-state index in [9.17, 15) is 4.79 Å². The molecule has 0 N–H and O–H groups in total. The van der Waals surface area contributed by atoms with Crippen molar-refractivity contribution in [2.75, 3.05) is 7.11 Å². The molecule has 246 valence electrons. The molecule has 1 fully saturated rings. The highest BCUT2D eigenvalue weighted by molar-refractivity contribution is 7.79. The number of hydrogen-bond acceptors (Lipinski definition) is 6. The second-order valence-electron chi connectivity index (χ2n) is 12.9. The first-order valence-electron chi connectivity index (χ1n) is 16.2. The summed E-state index contributed by atoms with van der Waals surface area (Å²) in [6.07, 6.45) is -1.27. The second-order valence-corrected chi connectivity index (χ2v) is 20.4. The molecule has 1 saturated heterocycles. The standard InChI is InChI=1S/C40H41O6PSi/c1-43-33-27-25-30(26-28-33)38(44-39(41)31-17-9-5-10-18-31)36-29-37(40(45-36,46-48(2,3)4)32-19-11-6-12-20-32)47(42,34-21-13-7-14-22-34)35-23-15-8-16-24-35/h5-28,36-38H,29H2,1-4H3/t36-,37+,38-,40+/m0/s1. The maximum atomic E-state index is 16.3. The van der Waals surface area contributed by atoms with Gasteiger partial charge in [-0.15, -0.1) is 0 Å². The van der Waals surface area contributed by atoms with Crippen LogP contribution in [0, 0.1) is 0 Å². The van der Waals surface area contributed by atoms with Crippen molar-refractivity contribution in [3.8, 4) is 5.75 Å². The van der Waals surface area contributed by atoms with E-state index in [1.807, 2.05) is 121 Å². The van der Waals surface area contributed by atoms with E-state index in [4.69, 9.17) is 18.6 Å². The van der Waals surface area contributed by atoms with Gasteiger partial charge in [0.25, 0.3) is 0 Å². The number of esters is 1. The zero-order chi connectivity index (χ0) is 33.8. The Morgan fingerprint density at radius 1 is 0.750 bits per heavy atom. The number of ether oxygens (including phenoxy) is 3. The van der Waals surface area contributed by atoms with E-state index in [0.717, 1.165) is 11.1 Å². The van der Waals surface area contributed by atoms with Gasteiger partial charge in [0.05, 0.1) is 18.3 Å². The van der Waals surface area contributed by atoms with Gasteiger partial charge in [-0.1, -0.05) is 121 Å². The van der Waals surface area contributed by atoms with Gasteiger partial charge in [-0.3, -0.25) is 0 Å². The van der Waals surface area contributed by atoms with E-state index in [1.165, 1.54) is 0 Å². The Balaban J connectivity index is 1.57. The van der Waals surface area contributed by atoms with Crippen LogP contribution in [0.2, 0.25) is 19.6 Å². The van der Waals surface area contributed by atoms with Crippen LogP contribution in [0.5, 0.6) is 5.75 Å². The number of methoxy groups -OCH3 is 1. The molecule has 6 rings (SSSR count). The summed E-state index contributed by atoms with van der Waals surface area (Å²) in [5, 5.41) is 1.43. The summed E-state index contributed by atoms with van der Waals surface area (Å²) < 4.78 is 42.5. The maximum Gasteiger partial charge on any atom is 0.338 e. The maximum absolute atomic E-state index is 16.3. The number of hydrogen-bond donors (Lipinski definition) is 0. The quantitative estimate of drug-likeness (QED) is 0.0795. The second kappa shape index (κ2) is 14.1. The van der Waals surface area contributed by atoms with E-state index in [-0.39, 0.29) is 0 Å². The Morgan fingerprint density at radius 3 is 1.75 bits per heavy atom. The molecule has 4 atom stereocenters. The third-order valence-corrected chi connectivity index (χ3v) is 13.1. The van der Waals surface area contributed by atoms with Crippen molar-refractivity contribution in [1.29, 1.82) is 0 Å². The van der Waals surface area contributed by atoms with Crippen molar-refractivity contribution in [2.45, 2.75) is 49.7 Å². The van der Waals surface area contributed by atoms with Crippen LogP contribution >= 0.6 is 7.14 Å². The first-order chi connectivity index (χ1) is 23.1. The third kappa shape index (κ3) is 6.83. The summed E-state index contributed by atoms with van der Waals surface area (Å²) in [6, 6.07) is 45.4. The predicted octanol–water partition coefficient (Wildman–Crippen LogP) is 8.47. The molecule has 1 aliphatic heterocycles. The van der Waals surface area contributed by atoms with Crippen molar-refractivity contribution in [3.05, 3.63) is 162 Å². The van der Waals surface area contributed by atoms with Crippen molar-refractivity contribution in [3.63, 3.8) is 0 Å². The van der Waals surface area contributed by atoms with Crippen LogP contribution in [-0.4, -0.2) is 33.2 Å². The molecule has 6 nitrogen and oxygen atoms in total. The Hall–Kier alpha value is -4.26. The number of rotatable bonds is 11. The summed E-state index contributed by atoms with van der Waals surface area (Å²) in [4.78, 5) is 13.7. The SMILES string of the molecule is COc1ccc([C@H](OC(=O)c2ccccc2)[C@@H]2C[C@@H](P(=O)(c3ccccc3)c3ccccc3)[C@](O[Si](C)(C)C)(c3ccccc3)O2)cc1. The van der Waals surface area contributed by atoms with Crippen LogP contribution in [0.15, 0.2) is 146 Å². The fourth-order valence-corrected chi connectivity index (χ4v) is 11.4. The number of carbonyl (C=O) groups excluding carboxylic acids is 1. The number of carbonyl (C=O) groups is 1. The molecule has 0 amide bonds. The zero-order valence-corrected chi connectivity index (χ0v) is 29.6. The third-order valence-electron chi connectivity index (χ3n) is 8.60. The van der Waals surface area contributed by atoms with Gasteiger partial charge >= 0.3 is 5.97 Å². The van der Waals surface area contributed by atoms with Crippen LogP contribution in [0.1, 0.15) is 34.0 Å². The summed E-state index contributed by atoms with van der Waals surface area (Å²) in [5.74, 6) is -1.22. The zero-order valence-electron chi connectivity index (χ0n) is 27.7. The molecule has 1 aliphatic rings. The van der Waals surface area contributed by atoms with Crippen molar-refractivity contribution in [2.24, 2.45) is 0 Å². The molecule has 1 heterocycles. The van der Waals surface area contributed by atoms with Crippen LogP contribution in [-0.2, 0) is 24.3 Å². The topological polar surface area (TPSA) is 71.1 Å². The fourth-order valence-electron chi connectivity index (χ4n) is 6.55. The first kappa shape index (κ1) is 33.6. The van der Waals surface area contributed by atoms with Crippen molar-refractivity contribution < 1.29 is 28.0 Å². The molecule has 5 aromatic rings. The van der Waals surface area contributed by atoms with Gasteiger partial charge in [0.15, 0.2) is 27.4 Å². The van der Waals surface area contributed by atoms with Crippen molar-refractivity contribution in [1.82, 2.24) is 0 Å². The van der Waals surface area contributed by atoms with E-state index in [2.05, 4.69) is 19.6 Å². The molecule has 0 aromatic heterocycles. The Morgan fingerprint density at radius 2 is 1.25 bits per heavy atom. The van der Waals surface area contributed by atoms with Gasteiger partial charge in [-0.05, 0) is 55.9 Å². The lowest BCUT2D eigenvalue weighted by Crippen LogP contribution is -2.49. The monoisotopic (exact) mass is 676 g/mol. The van der Waals surface area contributed by atoms with Gasteiger partial charge in [-0.2, -0.15) is 0 Å². The molecule has 0 aliphatic carbocycles. The summed E-state index contributed by atoms with van der Waals surface area (Å²) >= 11 is 0. The largest absolute Gasteiger partial charge is 0.497 e. The van der Waals surface area contributed by atoms with E-state index in [0.29, 0.717) is 28.3 Å². The molecule has 0 saturated carbocycles. The molecular weight excluding hydrogens is 635 g/mol. The highest BCUT2D eigenvalue weighted by atomic mass is 31.2. The highest BCUT2D eigenvalue weighted by Crippen LogP contribution is 2.63.